The Labute approximate surface area is 113 Å². The molecule has 0 aliphatic heterocycles. The molecule has 2 aliphatic rings. The molecule has 0 saturated heterocycles. The van der Waals surface area contributed by atoms with E-state index in [1.807, 2.05) is 0 Å². The Hall–Kier alpha value is -0.300. The molecule has 1 aromatic rings. The van der Waals surface area contributed by atoms with Crippen LogP contribution in [0.15, 0.2) is 24.3 Å². The summed E-state index contributed by atoms with van der Waals surface area (Å²) in [7, 11) is 0. The van der Waals surface area contributed by atoms with Crippen molar-refractivity contribution in [2.24, 2.45) is 0 Å². The van der Waals surface area contributed by atoms with Crippen LogP contribution < -0.4 is 0 Å². The third kappa shape index (κ3) is 2.59. The van der Waals surface area contributed by atoms with Gasteiger partial charge in [-0.1, -0.05) is 53.0 Å². The molecule has 0 bridgehead atoms. The van der Waals surface area contributed by atoms with Gasteiger partial charge in [-0.15, -0.1) is 0 Å². The molecule has 1 aromatic carbocycles. The fourth-order valence-electron chi connectivity index (χ4n) is 3.21. The van der Waals surface area contributed by atoms with Gasteiger partial charge in [0.2, 0.25) is 0 Å². The van der Waals surface area contributed by atoms with Crippen LogP contribution in [0, 0.1) is 0 Å². The third-order valence-electron chi connectivity index (χ3n) is 4.59. The van der Waals surface area contributed by atoms with Crippen molar-refractivity contribution in [2.45, 2.75) is 61.6 Å². The Morgan fingerprint density at radius 1 is 0.765 bits per heavy atom. The van der Waals surface area contributed by atoms with Gasteiger partial charge in [0.15, 0.2) is 0 Å². The first-order valence-corrected chi connectivity index (χ1v) is 7.98. The second kappa shape index (κ2) is 5.14. The SMILES string of the molecule is BrC1CCCC(c2ccc(C3CCC3)cc2)C1. The Kier molecular flexibility index (Phi) is 3.56. The van der Waals surface area contributed by atoms with Crippen LogP contribution in [-0.4, -0.2) is 4.83 Å². The second-order valence-electron chi connectivity index (χ2n) is 5.76. The summed E-state index contributed by atoms with van der Waals surface area (Å²) >= 11 is 3.78. The quantitative estimate of drug-likeness (QED) is 0.643. The van der Waals surface area contributed by atoms with Gasteiger partial charge in [0.1, 0.15) is 0 Å². The minimum absolute atomic E-state index is 0.743. The highest BCUT2D eigenvalue weighted by atomic mass is 79.9. The molecule has 2 aliphatic carbocycles. The zero-order valence-electron chi connectivity index (χ0n) is 10.4. The Bertz CT molecular complexity index is 364. The van der Waals surface area contributed by atoms with Crippen molar-refractivity contribution in [3.63, 3.8) is 0 Å². The van der Waals surface area contributed by atoms with Crippen molar-refractivity contribution in [3.05, 3.63) is 35.4 Å². The molecule has 0 nitrogen and oxygen atoms in total. The summed E-state index contributed by atoms with van der Waals surface area (Å²) in [6.45, 7) is 0. The molecule has 2 saturated carbocycles. The number of hydrogen-bond acceptors (Lipinski definition) is 0. The van der Waals surface area contributed by atoms with Crippen molar-refractivity contribution >= 4 is 15.9 Å². The average Bonchev–Trinajstić information content (AvgIpc) is 2.28. The number of halogens is 1. The molecule has 0 aromatic heterocycles. The Morgan fingerprint density at radius 3 is 1.82 bits per heavy atom. The highest BCUT2D eigenvalue weighted by Crippen LogP contribution is 2.39. The highest BCUT2D eigenvalue weighted by molar-refractivity contribution is 9.09. The molecule has 0 amide bonds. The van der Waals surface area contributed by atoms with Gasteiger partial charge in [-0.2, -0.15) is 0 Å². The molecule has 0 radical (unpaired) electrons. The van der Waals surface area contributed by atoms with E-state index in [2.05, 4.69) is 40.2 Å². The molecule has 3 rings (SSSR count). The maximum atomic E-state index is 3.78. The lowest BCUT2D eigenvalue weighted by atomic mass is 9.78. The summed E-state index contributed by atoms with van der Waals surface area (Å²) in [5, 5.41) is 0. The van der Waals surface area contributed by atoms with E-state index in [9.17, 15) is 0 Å². The predicted molar refractivity (Wildman–Crippen MR) is 77.0 cm³/mol. The first-order valence-electron chi connectivity index (χ1n) is 7.07. The van der Waals surface area contributed by atoms with Gasteiger partial charge in [0.05, 0.1) is 0 Å². The van der Waals surface area contributed by atoms with Gasteiger partial charge >= 0.3 is 0 Å². The fourth-order valence-corrected chi connectivity index (χ4v) is 3.99. The van der Waals surface area contributed by atoms with Crippen LogP contribution in [0.4, 0.5) is 0 Å². The number of rotatable bonds is 2. The topological polar surface area (TPSA) is 0 Å². The first kappa shape index (κ1) is 11.8. The normalized spacial score (nSPS) is 29.9. The molecule has 0 N–H and O–H groups in total. The van der Waals surface area contributed by atoms with Gasteiger partial charge in [-0.3, -0.25) is 0 Å². The maximum Gasteiger partial charge on any atom is 0.0151 e. The molecule has 2 fully saturated rings. The molecule has 0 spiro atoms. The molecule has 92 valence electrons. The smallest absolute Gasteiger partial charge is 0.0151 e. The van der Waals surface area contributed by atoms with E-state index >= 15 is 0 Å². The second-order valence-corrected chi connectivity index (χ2v) is 7.05. The number of benzene rings is 1. The lowest BCUT2D eigenvalue weighted by Gasteiger charge is -2.28. The third-order valence-corrected chi connectivity index (χ3v) is 5.43. The van der Waals surface area contributed by atoms with Crippen LogP contribution in [0.2, 0.25) is 0 Å². The fraction of sp³-hybridized carbons (Fsp3) is 0.625. The minimum Gasteiger partial charge on any atom is -0.0890 e. The van der Waals surface area contributed by atoms with Crippen molar-refractivity contribution in [3.8, 4) is 0 Å². The monoisotopic (exact) mass is 292 g/mol. The van der Waals surface area contributed by atoms with Gasteiger partial charge < -0.3 is 0 Å². The van der Waals surface area contributed by atoms with Crippen LogP contribution in [0.25, 0.3) is 0 Å². The molecule has 2 atom stereocenters. The number of hydrogen-bond donors (Lipinski definition) is 0. The Morgan fingerprint density at radius 2 is 1.29 bits per heavy atom. The largest absolute Gasteiger partial charge is 0.0890 e. The van der Waals surface area contributed by atoms with E-state index in [-0.39, 0.29) is 0 Å². The molecule has 2 unspecified atom stereocenters. The summed E-state index contributed by atoms with van der Waals surface area (Å²) in [5.74, 6) is 1.67. The zero-order chi connectivity index (χ0) is 11.7. The van der Waals surface area contributed by atoms with Gasteiger partial charge in [0.25, 0.3) is 0 Å². The summed E-state index contributed by atoms with van der Waals surface area (Å²) in [5.41, 5.74) is 3.14. The number of alkyl halides is 1. The Balaban J connectivity index is 1.70. The van der Waals surface area contributed by atoms with E-state index in [0.717, 1.165) is 16.7 Å². The molecular formula is C16H21Br. The average molecular weight is 293 g/mol. The molecule has 1 heteroatoms. The van der Waals surface area contributed by atoms with Crippen LogP contribution in [0.1, 0.15) is 67.9 Å². The molecule has 17 heavy (non-hydrogen) atoms. The van der Waals surface area contributed by atoms with Gasteiger partial charge in [0, 0.05) is 4.83 Å². The van der Waals surface area contributed by atoms with E-state index in [1.165, 1.54) is 44.9 Å². The highest BCUT2D eigenvalue weighted by Gasteiger charge is 2.22. The van der Waals surface area contributed by atoms with Crippen LogP contribution in [0.5, 0.6) is 0 Å². The van der Waals surface area contributed by atoms with Crippen molar-refractivity contribution in [1.82, 2.24) is 0 Å². The maximum absolute atomic E-state index is 3.78. The standard InChI is InChI=1S/C16H21Br/c17-16-6-2-5-15(11-16)14-9-7-13(8-10-14)12-3-1-4-12/h7-10,12,15-16H,1-6,11H2. The summed E-state index contributed by atoms with van der Waals surface area (Å²) in [4.78, 5) is 0.743. The van der Waals surface area contributed by atoms with Crippen molar-refractivity contribution < 1.29 is 0 Å². The minimum atomic E-state index is 0.743. The van der Waals surface area contributed by atoms with Crippen LogP contribution >= 0.6 is 15.9 Å². The predicted octanol–water partition coefficient (Wildman–Crippen LogP) is 5.38. The van der Waals surface area contributed by atoms with Gasteiger partial charge in [-0.25, -0.2) is 0 Å². The van der Waals surface area contributed by atoms with Crippen LogP contribution in [-0.2, 0) is 0 Å². The lowest BCUT2D eigenvalue weighted by Crippen LogP contribution is -2.14. The molecular weight excluding hydrogens is 272 g/mol. The summed E-state index contributed by atoms with van der Waals surface area (Å²) in [6.07, 6.45) is 9.69. The van der Waals surface area contributed by atoms with E-state index in [0.29, 0.717) is 0 Å². The first-order chi connectivity index (χ1) is 8.33. The van der Waals surface area contributed by atoms with E-state index in [1.54, 1.807) is 11.1 Å². The zero-order valence-corrected chi connectivity index (χ0v) is 12.0. The summed E-state index contributed by atoms with van der Waals surface area (Å²) in [6, 6.07) is 9.56. The van der Waals surface area contributed by atoms with Crippen molar-refractivity contribution in [1.29, 1.82) is 0 Å². The molecule has 0 heterocycles. The van der Waals surface area contributed by atoms with Crippen molar-refractivity contribution in [2.75, 3.05) is 0 Å². The van der Waals surface area contributed by atoms with Crippen LogP contribution in [0.3, 0.4) is 0 Å². The van der Waals surface area contributed by atoms with E-state index in [4.69, 9.17) is 0 Å². The lowest BCUT2D eigenvalue weighted by molar-refractivity contribution is 0.419. The van der Waals surface area contributed by atoms with Gasteiger partial charge in [-0.05, 0) is 55.1 Å². The summed E-state index contributed by atoms with van der Waals surface area (Å²) < 4.78 is 0. The van der Waals surface area contributed by atoms with E-state index < -0.39 is 0 Å².